The SMILES string of the molecule is CCCC/C=C\CCCCCCCC(=O)NC(COP(=O)(O)OCC(O)COC(=O)CCCCCCCCCCCCCCC/C=C/CCCCCCCC)C(=O)O. The highest BCUT2D eigenvalue weighted by Crippen LogP contribution is 2.43. The molecular weight excluding hydrogens is 757 g/mol. The predicted molar refractivity (Wildman–Crippen MR) is 236 cm³/mol. The van der Waals surface area contributed by atoms with Gasteiger partial charge in [0, 0.05) is 12.8 Å². The van der Waals surface area contributed by atoms with E-state index in [-0.39, 0.29) is 12.8 Å². The van der Waals surface area contributed by atoms with E-state index in [9.17, 15) is 34.1 Å². The molecule has 4 N–H and O–H groups in total. The molecule has 0 fully saturated rings. The molecular formula is C46H86NO10P. The number of aliphatic hydroxyl groups excluding tert-OH is 1. The second kappa shape index (κ2) is 41.7. The van der Waals surface area contributed by atoms with Gasteiger partial charge in [0.25, 0.3) is 0 Å². The van der Waals surface area contributed by atoms with Crippen LogP contribution < -0.4 is 5.32 Å². The Morgan fingerprint density at radius 2 is 0.914 bits per heavy atom. The molecule has 12 heteroatoms. The molecule has 0 radical (unpaired) electrons. The van der Waals surface area contributed by atoms with Crippen molar-refractivity contribution in [3.8, 4) is 0 Å². The molecule has 0 saturated carbocycles. The Morgan fingerprint density at radius 3 is 1.36 bits per heavy atom. The molecule has 0 spiro atoms. The maximum absolute atomic E-state index is 12.3. The fourth-order valence-electron chi connectivity index (χ4n) is 6.53. The van der Waals surface area contributed by atoms with Crippen molar-refractivity contribution in [2.75, 3.05) is 19.8 Å². The van der Waals surface area contributed by atoms with Crippen LogP contribution in [0.5, 0.6) is 0 Å². The summed E-state index contributed by atoms with van der Waals surface area (Å²) in [4.78, 5) is 45.9. The van der Waals surface area contributed by atoms with Gasteiger partial charge in [0.2, 0.25) is 5.91 Å². The third kappa shape index (κ3) is 40.7. The number of carbonyl (C=O) groups is 3. The van der Waals surface area contributed by atoms with Crippen molar-refractivity contribution in [1.82, 2.24) is 5.32 Å². The molecule has 0 aliphatic carbocycles. The first kappa shape index (κ1) is 56.0. The first-order valence-electron chi connectivity index (χ1n) is 23.4. The predicted octanol–water partition coefficient (Wildman–Crippen LogP) is 12.2. The summed E-state index contributed by atoms with van der Waals surface area (Å²) < 4.78 is 26.8. The standard InChI is InChI=1S/C46H86NO10P/c1-3-5-7-9-11-13-15-16-17-18-19-20-21-22-23-24-25-26-28-30-32-34-36-38-45(50)55-39-42(48)40-56-58(53,54)57-41-43(46(51)52)47-44(49)37-35-33-31-29-27-14-12-10-8-6-4-2/h10,12,16-17,42-43,48H,3-9,11,13-15,18-41H2,1-2H3,(H,47,49)(H,51,52)(H,53,54)/b12-10-,17-16+. The number of nitrogens with one attached hydrogen (secondary N) is 1. The number of rotatable bonds is 44. The number of carbonyl (C=O) groups excluding carboxylic acids is 2. The summed E-state index contributed by atoms with van der Waals surface area (Å²) >= 11 is 0. The number of aliphatic hydroxyl groups is 1. The first-order chi connectivity index (χ1) is 28.1. The maximum Gasteiger partial charge on any atom is 0.472 e. The molecule has 0 aromatic carbocycles. The van der Waals surface area contributed by atoms with Crippen LogP contribution >= 0.6 is 7.82 Å². The molecule has 0 saturated heterocycles. The van der Waals surface area contributed by atoms with Gasteiger partial charge >= 0.3 is 19.8 Å². The number of carboxylic acids is 1. The third-order valence-electron chi connectivity index (χ3n) is 10.2. The van der Waals surface area contributed by atoms with Crippen molar-refractivity contribution in [3.05, 3.63) is 24.3 Å². The summed E-state index contributed by atoms with van der Waals surface area (Å²) in [6.07, 6.45) is 43.6. The van der Waals surface area contributed by atoms with Crippen molar-refractivity contribution < 1.29 is 47.8 Å². The average Bonchev–Trinajstić information content (AvgIpc) is 3.20. The normalized spacial score (nSPS) is 13.9. The van der Waals surface area contributed by atoms with Gasteiger partial charge in [-0.2, -0.15) is 0 Å². The molecule has 0 aliphatic rings. The summed E-state index contributed by atoms with van der Waals surface area (Å²) in [5, 5.41) is 21.8. The molecule has 0 aliphatic heterocycles. The van der Waals surface area contributed by atoms with E-state index < -0.39 is 57.6 Å². The van der Waals surface area contributed by atoms with Crippen molar-refractivity contribution in [2.45, 2.75) is 231 Å². The van der Waals surface area contributed by atoms with Crippen LogP contribution in [0, 0.1) is 0 Å². The van der Waals surface area contributed by atoms with Crippen LogP contribution in [0.2, 0.25) is 0 Å². The number of hydrogen-bond donors (Lipinski definition) is 4. The highest BCUT2D eigenvalue weighted by Gasteiger charge is 2.28. The fraction of sp³-hybridized carbons (Fsp3) is 0.848. The van der Waals surface area contributed by atoms with Gasteiger partial charge < -0.3 is 25.2 Å². The molecule has 58 heavy (non-hydrogen) atoms. The van der Waals surface area contributed by atoms with Gasteiger partial charge in [-0.05, 0) is 57.8 Å². The minimum Gasteiger partial charge on any atom is -0.480 e. The Balaban J connectivity index is 3.78. The topological polar surface area (TPSA) is 169 Å². The number of ether oxygens (including phenoxy) is 1. The Kier molecular flexibility index (Phi) is 40.2. The zero-order valence-electron chi connectivity index (χ0n) is 36.9. The van der Waals surface area contributed by atoms with Crippen LogP contribution in [0.15, 0.2) is 24.3 Å². The van der Waals surface area contributed by atoms with Gasteiger partial charge in [-0.1, -0.05) is 173 Å². The smallest absolute Gasteiger partial charge is 0.472 e. The van der Waals surface area contributed by atoms with Crippen molar-refractivity contribution in [3.63, 3.8) is 0 Å². The molecule has 0 aromatic heterocycles. The number of aliphatic carboxylic acids is 1. The molecule has 0 heterocycles. The minimum atomic E-state index is -4.75. The molecule has 0 rings (SSSR count). The Hall–Kier alpha value is -2.04. The highest BCUT2D eigenvalue weighted by molar-refractivity contribution is 7.47. The number of amides is 1. The van der Waals surface area contributed by atoms with E-state index in [0.717, 1.165) is 57.8 Å². The number of phosphoric acid groups is 1. The second-order valence-electron chi connectivity index (χ2n) is 15.9. The zero-order valence-corrected chi connectivity index (χ0v) is 37.8. The van der Waals surface area contributed by atoms with Gasteiger partial charge in [-0.15, -0.1) is 0 Å². The quantitative estimate of drug-likeness (QED) is 0.0200. The number of unbranched alkanes of at least 4 members (excludes halogenated alkanes) is 26. The minimum absolute atomic E-state index is 0.136. The van der Waals surface area contributed by atoms with Gasteiger partial charge in [0.15, 0.2) is 6.04 Å². The van der Waals surface area contributed by atoms with E-state index in [2.05, 4.69) is 43.5 Å². The summed E-state index contributed by atoms with van der Waals surface area (Å²) in [5.41, 5.74) is 0. The van der Waals surface area contributed by atoms with Crippen LogP contribution in [0.4, 0.5) is 0 Å². The summed E-state index contributed by atoms with van der Waals surface area (Å²) in [6, 6.07) is -1.55. The van der Waals surface area contributed by atoms with E-state index in [1.54, 1.807) is 0 Å². The van der Waals surface area contributed by atoms with E-state index in [1.807, 2.05) is 0 Å². The second-order valence-corrected chi connectivity index (χ2v) is 17.4. The molecule has 11 nitrogen and oxygen atoms in total. The fourth-order valence-corrected chi connectivity index (χ4v) is 7.30. The molecule has 3 atom stereocenters. The number of allylic oxidation sites excluding steroid dienone is 4. The number of phosphoric ester groups is 1. The average molecular weight is 844 g/mol. The first-order valence-corrected chi connectivity index (χ1v) is 24.9. The Bertz CT molecular complexity index is 1080. The van der Waals surface area contributed by atoms with Crippen LogP contribution in [-0.2, 0) is 32.7 Å². The molecule has 0 aromatic rings. The van der Waals surface area contributed by atoms with Crippen LogP contribution in [-0.4, -0.2) is 64.9 Å². The van der Waals surface area contributed by atoms with Crippen molar-refractivity contribution >= 4 is 25.7 Å². The van der Waals surface area contributed by atoms with Crippen molar-refractivity contribution in [2.24, 2.45) is 0 Å². The summed E-state index contributed by atoms with van der Waals surface area (Å²) in [6.45, 7) is 2.55. The summed E-state index contributed by atoms with van der Waals surface area (Å²) in [7, 11) is -4.75. The molecule has 3 unspecified atom stereocenters. The molecule has 0 bridgehead atoms. The van der Waals surface area contributed by atoms with Crippen LogP contribution in [0.25, 0.3) is 0 Å². The number of hydrogen-bond acceptors (Lipinski definition) is 8. The maximum atomic E-state index is 12.3. The van der Waals surface area contributed by atoms with Crippen molar-refractivity contribution in [1.29, 1.82) is 0 Å². The van der Waals surface area contributed by atoms with Crippen LogP contribution in [0.1, 0.15) is 219 Å². The number of carboxylic acid groups (broad SMARTS) is 1. The van der Waals surface area contributed by atoms with Gasteiger partial charge in [-0.3, -0.25) is 18.6 Å². The van der Waals surface area contributed by atoms with E-state index in [4.69, 9.17) is 13.8 Å². The van der Waals surface area contributed by atoms with Crippen LogP contribution in [0.3, 0.4) is 0 Å². The van der Waals surface area contributed by atoms with E-state index in [0.29, 0.717) is 12.8 Å². The highest BCUT2D eigenvalue weighted by atomic mass is 31.2. The lowest BCUT2D eigenvalue weighted by atomic mass is 10.0. The zero-order chi connectivity index (χ0) is 42.8. The molecule has 1 amide bonds. The summed E-state index contributed by atoms with van der Waals surface area (Å²) in [5.74, 6) is -2.38. The molecule has 340 valence electrons. The van der Waals surface area contributed by atoms with E-state index >= 15 is 0 Å². The van der Waals surface area contributed by atoms with Gasteiger partial charge in [0.1, 0.15) is 12.7 Å². The monoisotopic (exact) mass is 844 g/mol. The number of esters is 1. The lowest BCUT2D eigenvalue weighted by Gasteiger charge is -2.18. The van der Waals surface area contributed by atoms with Gasteiger partial charge in [-0.25, -0.2) is 9.36 Å². The van der Waals surface area contributed by atoms with Gasteiger partial charge in [0.05, 0.1) is 13.2 Å². The third-order valence-corrected chi connectivity index (χ3v) is 11.2. The van der Waals surface area contributed by atoms with E-state index in [1.165, 1.54) is 122 Å². The Labute approximate surface area is 353 Å². The lowest BCUT2D eigenvalue weighted by molar-refractivity contribution is -0.147. The lowest BCUT2D eigenvalue weighted by Crippen LogP contribution is -2.43. The largest absolute Gasteiger partial charge is 0.480 e. The Morgan fingerprint density at radius 1 is 0.534 bits per heavy atom.